The van der Waals surface area contributed by atoms with Gasteiger partial charge in [-0.3, -0.25) is 15.1 Å². The highest BCUT2D eigenvalue weighted by Gasteiger charge is 2.41. The monoisotopic (exact) mass is 399 g/mol. The summed E-state index contributed by atoms with van der Waals surface area (Å²) in [5.41, 5.74) is 4.44. The Hall–Kier alpha value is -3.67. The van der Waals surface area contributed by atoms with Gasteiger partial charge in [0, 0.05) is 5.92 Å². The lowest BCUT2D eigenvalue weighted by Crippen LogP contribution is -2.27. The number of allylic oxidation sites excluding steroid dienone is 1. The number of anilines is 1. The first-order chi connectivity index (χ1) is 14.7. The Bertz CT molecular complexity index is 1120. The Morgan fingerprint density at radius 1 is 1.03 bits per heavy atom. The maximum Gasteiger partial charge on any atom is 0.433 e. The fourth-order valence-corrected chi connectivity index (χ4v) is 4.47. The second-order valence-corrected chi connectivity index (χ2v) is 7.62. The minimum absolute atomic E-state index is 0.123. The Labute approximate surface area is 174 Å². The molecule has 1 aromatic heterocycles. The van der Waals surface area contributed by atoms with Crippen molar-refractivity contribution in [2.75, 3.05) is 5.01 Å². The number of hydrazone groups is 1. The molecule has 1 fully saturated rings. The quantitative estimate of drug-likeness (QED) is 0.399. The molecule has 1 aliphatic carbocycles. The summed E-state index contributed by atoms with van der Waals surface area (Å²) in [7, 11) is 0. The minimum Gasteiger partial charge on any atom is -0.401 e. The number of nitro groups is 1. The molecule has 1 aliphatic heterocycles. The van der Waals surface area contributed by atoms with E-state index in [-0.39, 0.29) is 17.8 Å². The maximum atomic E-state index is 10.9. The van der Waals surface area contributed by atoms with Gasteiger partial charge in [0.05, 0.1) is 23.5 Å². The van der Waals surface area contributed by atoms with Crippen molar-refractivity contribution in [3.05, 3.63) is 99.8 Å². The van der Waals surface area contributed by atoms with Crippen LogP contribution in [0.5, 0.6) is 0 Å². The van der Waals surface area contributed by atoms with E-state index < -0.39 is 4.92 Å². The molecule has 6 nitrogen and oxygen atoms in total. The molecule has 0 amide bonds. The molecular weight excluding hydrogens is 378 g/mol. The van der Waals surface area contributed by atoms with Gasteiger partial charge in [-0.05, 0) is 54.7 Å². The average molecular weight is 399 g/mol. The van der Waals surface area contributed by atoms with Crippen LogP contribution in [0.25, 0.3) is 6.08 Å². The first-order valence-electron chi connectivity index (χ1n) is 10.1. The molecule has 0 bridgehead atoms. The fourth-order valence-electron chi connectivity index (χ4n) is 4.47. The number of hydrogen-bond acceptors (Lipinski definition) is 5. The van der Waals surface area contributed by atoms with Crippen LogP contribution in [0.1, 0.15) is 36.6 Å². The number of benzene rings is 2. The van der Waals surface area contributed by atoms with Crippen LogP contribution >= 0.6 is 0 Å². The Kier molecular flexibility index (Phi) is 4.67. The van der Waals surface area contributed by atoms with Gasteiger partial charge in [-0.1, -0.05) is 48.5 Å². The van der Waals surface area contributed by atoms with Crippen molar-refractivity contribution in [2.24, 2.45) is 11.0 Å². The Morgan fingerprint density at radius 2 is 1.77 bits per heavy atom. The average Bonchev–Trinajstić information content (AvgIpc) is 3.40. The summed E-state index contributed by atoms with van der Waals surface area (Å²) in [6.07, 6.45) is 4.89. The molecule has 3 aromatic rings. The van der Waals surface area contributed by atoms with Crippen LogP contribution in [0.4, 0.5) is 11.6 Å². The first kappa shape index (κ1) is 18.4. The molecule has 0 radical (unpaired) electrons. The van der Waals surface area contributed by atoms with Gasteiger partial charge in [0.25, 0.3) is 0 Å². The number of nitrogens with zero attached hydrogens (tertiary/aromatic N) is 3. The third-order valence-corrected chi connectivity index (χ3v) is 5.77. The predicted molar refractivity (Wildman–Crippen MR) is 116 cm³/mol. The van der Waals surface area contributed by atoms with Gasteiger partial charge in [-0.15, -0.1) is 0 Å². The Morgan fingerprint density at radius 3 is 2.47 bits per heavy atom. The smallest absolute Gasteiger partial charge is 0.401 e. The standard InChI is InChI=1S/C24H21N3O3/c28-27(29)22-15-14-20(30-22)16-18-10-7-13-21-23(18)25-26(19-11-5-2-6-12-19)24(21)17-8-3-1-4-9-17/h1-6,8-9,11-12,14-16,21,24H,7,10,13H2. The van der Waals surface area contributed by atoms with Crippen LogP contribution in [-0.2, 0) is 0 Å². The number of hydrogen-bond donors (Lipinski definition) is 0. The van der Waals surface area contributed by atoms with Crippen molar-refractivity contribution >= 4 is 23.4 Å². The van der Waals surface area contributed by atoms with Gasteiger partial charge in [0.2, 0.25) is 0 Å². The largest absolute Gasteiger partial charge is 0.433 e. The van der Waals surface area contributed by atoms with Crippen LogP contribution in [0.3, 0.4) is 0 Å². The molecule has 5 rings (SSSR count). The molecule has 0 spiro atoms. The highest BCUT2D eigenvalue weighted by Crippen LogP contribution is 2.46. The summed E-state index contributed by atoms with van der Waals surface area (Å²) in [6.45, 7) is 0. The zero-order valence-electron chi connectivity index (χ0n) is 16.3. The number of rotatable bonds is 4. The van der Waals surface area contributed by atoms with Crippen molar-refractivity contribution < 1.29 is 9.34 Å². The second kappa shape index (κ2) is 7.63. The van der Waals surface area contributed by atoms with E-state index in [0.29, 0.717) is 5.76 Å². The molecule has 6 heteroatoms. The zero-order chi connectivity index (χ0) is 20.5. The third-order valence-electron chi connectivity index (χ3n) is 5.77. The van der Waals surface area contributed by atoms with Crippen LogP contribution in [0.2, 0.25) is 0 Å². The summed E-state index contributed by atoms with van der Waals surface area (Å²) in [6, 6.07) is 23.9. The lowest BCUT2D eigenvalue weighted by Gasteiger charge is -2.30. The summed E-state index contributed by atoms with van der Waals surface area (Å²) in [5.74, 6) is 0.516. The van der Waals surface area contributed by atoms with Crippen molar-refractivity contribution in [1.82, 2.24) is 0 Å². The molecule has 2 aromatic carbocycles. The lowest BCUT2D eigenvalue weighted by molar-refractivity contribution is -0.402. The van der Waals surface area contributed by atoms with Gasteiger partial charge >= 0.3 is 5.88 Å². The van der Waals surface area contributed by atoms with Gasteiger partial charge in [0.1, 0.15) is 10.7 Å². The van der Waals surface area contributed by atoms with Crippen LogP contribution in [0, 0.1) is 16.0 Å². The number of furan rings is 1. The van der Waals surface area contributed by atoms with Crippen molar-refractivity contribution in [3.8, 4) is 0 Å². The van der Waals surface area contributed by atoms with Gasteiger partial charge in [-0.2, -0.15) is 5.10 Å². The molecule has 1 saturated carbocycles. The van der Waals surface area contributed by atoms with E-state index in [2.05, 4.69) is 41.4 Å². The summed E-state index contributed by atoms with van der Waals surface area (Å²) < 4.78 is 5.38. The summed E-state index contributed by atoms with van der Waals surface area (Å²) >= 11 is 0. The molecule has 2 unspecified atom stereocenters. The molecule has 30 heavy (non-hydrogen) atoms. The lowest BCUT2D eigenvalue weighted by atomic mass is 9.77. The molecule has 2 heterocycles. The molecular formula is C24H21N3O3. The highest BCUT2D eigenvalue weighted by molar-refractivity contribution is 6.08. The molecule has 2 atom stereocenters. The molecule has 150 valence electrons. The van der Waals surface area contributed by atoms with E-state index in [9.17, 15) is 10.1 Å². The number of para-hydroxylation sites is 1. The van der Waals surface area contributed by atoms with Crippen LogP contribution < -0.4 is 5.01 Å². The van der Waals surface area contributed by atoms with E-state index in [4.69, 9.17) is 9.52 Å². The van der Waals surface area contributed by atoms with Gasteiger partial charge in [0.15, 0.2) is 0 Å². The topological polar surface area (TPSA) is 71.9 Å². The summed E-state index contributed by atoms with van der Waals surface area (Å²) in [5, 5.41) is 18.1. The van der Waals surface area contributed by atoms with E-state index in [1.54, 1.807) is 6.07 Å². The van der Waals surface area contributed by atoms with Crippen molar-refractivity contribution in [2.45, 2.75) is 25.3 Å². The predicted octanol–water partition coefficient (Wildman–Crippen LogP) is 5.99. The van der Waals surface area contributed by atoms with Gasteiger partial charge in [-0.25, -0.2) is 0 Å². The maximum absolute atomic E-state index is 10.9. The summed E-state index contributed by atoms with van der Waals surface area (Å²) in [4.78, 5) is 10.4. The Balaban J connectivity index is 1.57. The number of fused-ring (bicyclic) bond motifs is 1. The van der Waals surface area contributed by atoms with Crippen molar-refractivity contribution in [1.29, 1.82) is 0 Å². The van der Waals surface area contributed by atoms with E-state index >= 15 is 0 Å². The van der Waals surface area contributed by atoms with Gasteiger partial charge < -0.3 is 4.42 Å². The SMILES string of the molecule is O=[N+]([O-])c1ccc(C=C2CCCC3C2=NN(c2ccccc2)C3c2ccccc2)o1. The van der Waals surface area contributed by atoms with Crippen molar-refractivity contribution in [3.63, 3.8) is 0 Å². The van der Waals surface area contributed by atoms with Crippen LogP contribution in [-0.4, -0.2) is 10.6 Å². The first-order valence-corrected chi connectivity index (χ1v) is 10.1. The fraction of sp³-hybridized carbons (Fsp3) is 0.208. The van der Waals surface area contributed by atoms with E-state index in [1.807, 2.05) is 30.3 Å². The highest BCUT2D eigenvalue weighted by atomic mass is 16.6. The molecule has 0 saturated heterocycles. The molecule has 0 N–H and O–H groups in total. The minimum atomic E-state index is -0.513. The van der Waals surface area contributed by atoms with E-state index in [1.165, 1.54) is 11.6 Å². The second-order valence-electron chi connectivity index (χ2n) is 7.62. The van der Waals surface area contributed by atoms with E-state index in [0.717, 1.165) is 36.2 Å². The van der Waals surface area contributed by atoms with Crippen LogP contribution in [0.15, 0.2) is 87.9 Å². The third kappa shape index (κ3) is 3.30. The normalized spacial score (nSPS) is 22.1. The molecule has 2 aliphatic rings. The zero-order valence-corrected chi connectivity index (χ0v) is 16.3.